The molecule has 1 N–H and O–H groups in total. The minimum absolute atomic E-state index is 0. The van der Waals surface area contributed by atoms with Crippen molar-refractivity contribution in [2.75, 3.05) is 29.5 Å². The average Bonchev–Trinajstić information content (AvgIpc) is 3.71. The molecule has 1 saturated heterocycles. The quantitative estimate of drug-likeness (QED) is 0.0289. The number of benzene rings is 2. The molecular weight excluding hydrogens is 1050 g/mol. The van der Waals surface area contributed by atoms with Gasteiger partial charge in [0.1, 0.15) is 16.7 Å². The second-order valence-electron chi connectivity index (χ2n) is 16.8. The topological polar surface area (TPSA) is 296 Å². The van der Waals surface area contributed by atoms with E-state index in [4.69, 9.17) is 4.84 Å². The first-order valence-electron chi connectivity index (χ1n) is 20.8. The Labute approximate surface area is 526 Å². The zero-order valence-corrected chi connectivity index (χ0v) is 51.6. The van der Waals surface area contributed by atoms with Crippen molar-refractivity contribution in [3.63, 3.8) is 0 Å². The Morgan fingerprint density at radius 1 is 0.750 bits per heavy atom. The van der Waals surface area contributed by atoms with Crippen LogP contribution in [0.1, 0.15) is 103 Å². The van der Waals surface area contributed by atoms with Crippen LogP contribution in [-0.2, 0) is 70.5 Å². The molecule has 2 aromatic rings. The number of hydroxylamine groups is 2. The maximum atomic E-state index is 12.5. The van der Waals surface area contributed by atoms with Gasteiger partial charge >= 0.3 is 160 Å². The molecule has 3 aliphatic heterocycles. The predicted octanol–water partition coefficient (Wildman–Crippen LogP) is -4.79. The van der Waals surface area contributed by atoms with E-state index >= 15 is 0 Å². The summed E-state index contributed by atoms with van der Waals surface area (Å²) in [5.41, 5.74) is 1.77. The molecule has 0 aliphatic carbocycles. The smallest absolute Gasteiger partial charge is 0.748 e. The van der Waals surface area contributed by atoms with Crippen molar-refractivity contribution in [2.24, 2.45) is 0 Å². The number of imide groups is 1. The summed E-state index contributed by atoms with van der Waals surface area (Å²) in [6.07, 6.45) is 10.7. The van der Waals surface area contributed by atoms with Gasteiger partial charge in [0.25, 0.3) is 21.9 Å². The normalized spacial score (nSPS) is 18.8. The molecule has 3 heterocycles. The fourth-order valence-corrected chi connectivity index (χ4v) is 10.6. The summed E-state index contributed by atoms with van der Waals surface area (Å²) >= 11 is 0. The van der Waals surface area contributed by atoms with Gasteiger partial charge in [-0.2, -0.15) is 13.0 Å². The van der Waals surface area contributed by atoms with Crippen molar-refractivity contribution in [2.45, 2.75) is 112 Å². The molecule has 1 atom stereocenters. The van der Waals surface area contributed by atoms with Crippen LogP contribution in [0.2, 0.25) is 0 Å². The van der Waals surface area contributed by atoms with Gasteiger partial charge in [-0.1, -0.05) is 31.1 Å². The molecule has 26 heteroatoms. The van der Waals surface area contributed by atoms with E-state index in [-0.39, 0.29) is 211 Å². The largest absolute Gasteiger partial charge is 1.00 e. The van der Waals surface area contributed by atoms with Gasteiger partial charge in [-0.05, 0) is 94.8 Å². The van der Waals surface area contributed by atoms with Gasteiger partial charge in [-0.15, -0.1) is 5.06 Å². The van der Waals surface area contributed by atoms with Crippen molar-refractivity contribution in [1.29, 1.82) is 0 Å². The maximum Gasteiger partial charge on any atom is 1.00 e. The number of carbonyl (C=O) groups excluding carboxylic acids is 3. The number of hydrogen-bond donors (Lipinski definition) is 1. The monoisotopic (exact) mass is 1100 g/mol. The second-order valence-corrected chi connectivity index (χ2v) is 22.6. The number of hydrogen-bond acceptors (Lipinski definition) is 16. The summed E-state index contributed by atoms with van der Waals surface area (Å²) in [6, 6.07) is 8.15. The number of allylic oxidation sites excluding steroid dienone is 6. The Bertz CT molecular complexity index is 2800. The third kappa shape index (κ3) is 17.2. The van der Waals surface area contributed by atoms with Gasteiger partial charge in [-0.3, -0.25) is 14.1 Å². The molecule has 0 radical (unpaired) electrons. The van der Waals surface area contributed by atoms with E-state index in [0.29, 0.717) is 71.1 Å². The molecule has 5 rings (SSSR count). The zero-order valence-electron chi connectivity index (χ0n) is 39.0. The number of amides is 2. The van der Waals surface area contributed by atoms with Crippen LogP contribution in [0.15, 0.2) is 82.3 Å². The molecule has 19 nitrogen and oxygen atoms in total. The Hall–Kier alpha value is 0.289. The first-order valence-corrected chi connectivity index (χ1v) is 26.8. The van der Waals surface area contributed by atoms with Crippen molar-refractivity contribution >= 4 is 75.3 Å². The van der Waals surface area contributed by atoms with Gasteiger partial charge in [0.2, 0.25) is 5.69 Å². The molecule has 0 bridgehead atoms. The number of nitrogens with zero attached hydrogens (tertiary/aromatic N) is 3. The van der Waals surface area contributed by atoms with Crippen molar-refractivity contribution in [3.05, 3.63) is 83.6 Å². The standard InChI is InChI=1S/C42H53N3O16S4.3K/c1-41(2)32-28-30(64(55,56)57)17-19-34(32)43(24-10-12-26-62(49,50)51)36(41)14-6-4-7-15-37-42(3,23-9-5-8-16-40(48)61-45-38(46)21-22-39(45)47)33-29-31(65(58,59)60)18-20-35(33)44(37)25-11-13-27-63(52,53)54;;;/h4,6-7,14-15,17-20,28-29H,5,8-13,16,21-27H2,1-3H3,(H3-,49,50,51,52,53,54,55,56,57,58,59,60);;;/q;3*+1/p-2. The van der Waals surface area contributed by atoms with Crippen molar-refractivity contribution in [3.8, 4) is 0 Å². The number of rotatable bonds is 22. The van der Waals surface area contributed by atoms with Gasteiger partial charge in [0.05, 0.1) is 35.4 Å². The van der Waals surface area contributed by atoms with E-state index in [1.165, 1.54) is 30.3 Å². The molecule has 1 unspecified atom stereocenters. The van der Waals surface area contributed by atoms with E-state index in [0.717, 1.165) is 0 Å². The third-order valence-corrected chi connectivity index (χ3v) is 15.0. The molecule has 68 heavy (non-hydrogen) atoms. The Morgan fingerprint density at radius 3 is 1.93 bits per heavy atom. The van der Waals surface area contributed by atoms with E-state index in [1.54, 1.807) is 36.4 Å². The SMILES string of the molecule is CC1(C)C(C=CC=CC=C2N(CCCCS(=O)(=O)[O-])c3ccc(S(=O)(=O)[O-])cc3C2(C)CCCCCC(=O)ON2C(=O)CCC2=O)=[N+](CCCCS(=O)(=O)[O-])c2ccc(S(=O)(=O)O)cc21.[K+].[K+].[K+]. The molecule has 0 saturated carbocycles. The fraction of sp³-hybridized carbons (Fsp3) is 0.476. The first-order chi connectivity index (χ1) is 30.1. The first kappa shape index (κ1) is 64.4. The molecule has 0 aromatic heterocycles. The number of unbranched alkanes of at least 4 members (excludes halogenated alkanes) is 4. The molecule has 356 valence electrons. The predicted molar refractivity (Wildman–Crippen MR) is 232 cm³/mol. The van der Waals surface area contributed by atoms with Crippen LogP contribution in [0.25, 0.3) is 0 Å². The number of fused-ring (bicyclic) bond motifs is 2. The van der Waals surface area contributed by atoms with Gasteiger partial charge in [-0.25, -0.2) is 30.0 Å². The minimum atomic E-state index is -4.90. The van der Waals surface area contributed by atoms with Crippen LogP contribution < -0.4 is 159 Å². The second kappa shape index (κ2) is 26.7. The van der Waals surface area contributed by atoms with Gasteiger partial charge in [0, 0.05) is 78.2 Å². The molecule has 2 amide bonds. The van der Waals surface area contributed by atoms with Crippen molar-refractivity contribution in [1.82, 2.24) is 5.06 Å². The minimum Gasteiger partial charge on any atom is -0.748 e. The summed E-state index contributed by atoms with van der Waals surface area (Å²) in [6.45, 7) is 6.02. The summed E-state index contributed by atoms with van der Waals surface area (Å²) < 4.78 is 141. The molecule has 3 aliphatic rings. The van der Waals surface area contributed by atoms with E-state index < -0.39 is 85.5 Å². The van der Waals surface area contributed by atoms with Crippen molar-refractivity contribution < 1.29 is 230 Å². The van der Waals surface area contributed by atoms with Crippen LogP contribution in [0.4, 0.5) is 11.4 Å². The third-order valence-electron chi connectivity index (χ3n) is 11.7. The Kier molecular flexibility index (Phi) is 25.3. The number of anilines is 1. The summed E-state index contributed by atoms with van der Waals surface area (Å²) in [4.78, 5) is 42.2. The van der Waals surface area contributed by atoms with Crippen LogP contribution in [0.3, 0.4) is 0 Å². The van der Waals surface area contributed by atoms with Gasteiger partial charge in [0.15, 0.2) is 5.71 Å². The van der Waals surface area contributed by atoms with Gasteiger partial charge < -0.3 is 23.4 Å². The van der Waals surface area contributed by atoms with E-state index in [9.17, 15) is 66.3 Å². The molecule has 1 fully saturated rings. The summed E-state index contributed by atoms with van der Waals surface area (Å²) in [5.74, 6) is -3.13. The van der Waals surface area contributed by atoms with Crippen LogP contribution in [-0.4, -0.2) is 110 Å². The van der Waals surface area contributed by atoms with Crippen LogP contribution in [0.5, 0.6) is 0 Å². The maximum absolute atomic E-state index is 12.5. The number of carbonyl (C=O) groups is 3. The fourth-order valence-electron chi connectivity index (χ4n) is 8.43. The van der Waals surface area contributed by atoms with Crippen LogP contribution >= 0.6 is 0 Å². The van der Waals surface area contributed by atoms with E-state index in [1.807, 2.05) is 30.2 Å². The average molecular weight is 1100 g/mol. The van der Waals surface area contributed by atoms with E-state index in [2.05, 4.69) is 0 Å². The summed E-state index contributed by atoms with van der Waals surface area (Å²) in [7, 11) is -18.4. The molecule has 2 aromatic carbocycles. The Balaban J connectivity index is 0.00000529. The zero-order chi connectivity index (χ0) is 48.2. The molecule has 0 spiro atoms. The Morgan fingerprint density at radius 2 is 1.34 bits per heavy atom. The summed E-state index contributed by atoms with van der Waals surface area (Å²) in [5, 5.41) is 0.473. The van der Waals surface area contributed by atoms with Crippen LogP contribution in [0, 0.1) is 0 Å². The molecular formula is C42H51K3N3O16S4+.